The van der Waals surface area contributed by atoms with Crippen LogP contribution in [0.1, 0.15) is 10.4 Å². The Kier molecular flexibility index (Phi) is 7.17. The number of benzene rings is 2. The summed E-state index contributed by atoms with van der Waals surface area (Å²) in [6.45, 7) is 3.21. The van der Waals surface area contributed by atoms with Crippen molar-refractivity contribution >= 4 is 28.8 Å². The van der Waals surface area contributed by atoms with Gasteiger partial charge in [-0.3, -0.25) is 0 Å². The standard InChI is InChI=1S/C19H19NO6/c1-2-17(21)24-10-9-20-19(23)26-12-11-25-18(22)16-8-7-14-5-3-4-6-15(14)13-16/h2-8,13H,1,9-12H2,(H,20,23). The van der Waals surface area contributed by atoms with Crippen LogP contribution in [0.25, 0.3) is 10.8 Å². The van der Waals surface area contributed by atoms with E-state index in [2.05, 4.69) is 16.6 Å². The summed E-state index contributed by atoms with van der Waals surface area (Å²) in [4.78, 5) is 34.2. The van der Waals surface area contributed by atoms with Crippen LogP contribution in [-0.4, -0.2) is 44.4 Å². The average molecular weight is 357 g/mol. The van der Waals surface area contributed by atoms with Gasteiger partial charge in [-0.25, -0.2) is 14.4 Å². The molecule has 0 aromatic heterocycles. The molecular weight excluding hydrogens is 338 g/mol. The van der Waals surface area contributed by atoms with Gasteiger partial charge >= 0.3 is 18.0 Å². The van der Waals surface area contributed by atoms with Gasteiger partial charge in [0, 0.05) is 6.08 Å². The number of ether oxygens (including phenoxy) is 3. The quantitative estimate of drug-likeness (QED) is 0.338. The van der Waals surface area contributed by atoms with Crippen molar-refractivity contribution in [2.45, 2.75) is 0 Å². The number of carbonyl (C=O) groups excluding carboxylic acids is 3. The molecule has 2 rings (SSSR count). The molecule has 0 aliphatic heterocycles. The fourth-order valence-electron chi connectivity index (χ4n) is 2.08. The van der Waals surface area contributed by atoms with Crippen molar-refractivity contribution in [2.24, 2.45) is 0 Å². The zero-order chi connectivity index (χ0) is 18.8. The monoisotopic (exact) mass is 357 g/mol. The molecule has 26 heavy (non-hydrogen) atoms. The maximum atomic E-state index is 12.0. The number of esters is 2. The topological polar surface area (TPSA) is 90.9 Å². The molecule has 0 spiro atoms. The largest absolute Gasteiger partial charge is 0.461 e. The molecule has 0 bridgehead atoms. The maximum absolute atomic E-state index is 12.0. The van der Waals surface area contributed by atoms with E-state index in [-0.39, 0.29) is 26.4 Å². The van der Waals surface area contributed by atoms with Crippen LogP contribution in [0.2, 0.25) is 0 Å². The summed E-state index contributed by atoms with van der Waals surface area (Å²) in [6.07, 6.45) is 0.337. The van der Waals surface area contributed by atoms with E-state index < -0.39 is 18.0 Å². The van der Waals surface area contributed by atoms with E-state index in [1.165, 1.54) is 0 Å². The number of hydrogen-bond acceptors (Lipinski definition) is 6. The van der Waals surface area contributed by atoms with Crippen LogP contribution in [0.3, 0.4) is 0 Å². The molecule has 0 saturated carbocycles. The predicted octanol–water partition coefficient (Wildman–Crippen LogP) is 2.45. The van der Waals surface area contributed by atoms with Crippen molar-refractivity contribution in [1.82, 2.24) is 5.32 Å². The first kappa shape index (κ1) is 19.0. The van der Waals surface area contributed by atoms with E-state index in [4.69, 9.17) is 9.47 Å². The Morgan fingerprint density at radius 2 is 1.65 bits per heavy atom. The number of alkyl carbamates (subject to hydrolysis) is 1. The number of rotatable bonds is 8. The summed E-state index contributed by atoms with van der Waals surface area (Å²) in [5.41, 5.74) is 0.428. The Morgan fingerprint density at radius 1 is 0.923 bits per heavy atom. The summed E-state index contributed by atoms with van der Waals surface area (Å²) in [5, 5.41) is 4.36. The number of nitrogens with one attached hydrogen (secondary N) is 1. The van der Waals surface area contributed by atoms with E-state index in [0.29, 0.717) is 5.56 Å². The highest BCUT2D eigenvalue weighted by Crippen LogP contribution is 2.16. The predicted molar refractivity (Wildman–Crippen MR) is 94.7 cm³/mol. The van der Waals surface area contributed by atoms with Gasteiger partial charge in [-0.15, -0.1) is 0 Å². The van der Waals surface area contributed by atoms with Gasteiger partial charge in [0.1, 0.15) is 19.8 Å². The third-order valence-electron chi connectivity index (χ3n) is 3.32. The molecule has 2 aromatic rings. The second-order valence-corrected chi connectivity index (χ2v) is 5.13. The second kappa shape index (κ2) is 9.83. The van der Waals surface area contributed by atoms with Gasteiger partial charge in [-0.1, -0.05) is 36.9 Å². The van der Waals surface area contributed by atoms with Crippen molar-refractivity contribution in [2.75, 3.05) is 26.4 Å². The van der Waals surface area contributed by atoms with Gasteiger partial charge in [-0.2, -0.15) is 0 Å². The summed E-state index contributed by atoms with van der Waals surface area (Å²) in [5.74, 6) is -1.06. The minimum Gasteiger partial charge on any atom is -0.461 e. The van der Waals surface area contributed by atoms with Crippen LogP contribution in [0, 0.1) is 0 Å². The smallest absolute Gasteiger partial charge is 0.407 e. The molecule has 0 unspecified atom stereocenters. The molecule has 0 fully saturated rings. The first-order valence-corrected chi connectivity index (χ1v) is 7.96. The molecule has 0 saturated heterocycles. The minimum absolute atomic E-state index is 0.0108. The van der Waals surface area contributed by atoms with E-state index in [9.17, 15) is 14.4 Å². The fourth-order valence-corrected chi connectivity index (χ4v) is 2.08. The lowest BCUT2D eigenvalue weighted by Gasteiger charge is -2.08. The maximum Gasteiger partial charge on any atom is 0.407 e. The zero-order valence-electron chi connectivity index (χ0n) is 14.1. The van der Waals surface area contributed by atoms with Crippen molar-refractivity contribution in [3.8, 4) is 0 Å². The molecule has 7 heteroatoms. The van der Waals surface area contributed by atoms with Crippen molar-refractivity contribution in [3.05, 3.63) is 60.7 Å². The van der Waals surface area contributed by atoms with E-state index in [1.807, 2.05) is 30.3 Å². The number of hydrogen-bond donors (Lipinski definition) is 1. The fraction of sp³-hybridized carbons (Fsp3) is 0.211. The summed E-state index contributed by atoms with van der Waals surface area (Å²) >= 11 is 0. The number of fused-ring (bicyclic) bond motifs is 1. The molecule has 1 amide bonds. The molecule has 2 aromatic carbocycles. The molecular formula is C19H19NO6. The van der Waals surface area contributed by atoms with Crippen LogP contribution in [0.5, 0.6) is 0 Å². The first-order chi connectivity index (χ1) is 12.6. The molecule has 0 heterocycles. The lowest BCUT2D eigenvalue weighted by Crippen LogP contribution is -2.29. The Labute approximate surface area is 150 Å². The lowest BCUT2D eigenvalue weighted by atomic mass is 10.1. The normalized spacial score (nSPS) is 10.0. The summed E-state index contributed by atoms with van der Waals surface area (Å²) < 4.78 is 14.6. The lowest BCUT2D eigenvalue weighted by molar-refractivity contribution is -0.137. The van der Waals surface area contributed by atoms with E-state index in [1.54, 1.807) is 12.1 Å². The van der Waals surface area contributed by atoms with Crippen molar-refractivity contribution in [3.63, 3.8) is 0 Å². The zero-order valence-corrected chi connectivity index (χ0v) is 14.1. The molecule has 136 valence electrons. The summed E-state index contributed by atoms with van der Waals surface area (Å²) in [6, 6.07) is 12.9. The third kappa shape index (κ3) is 5.94. The van der Waals surface area contributed by atoms with Crippen LogP contribution >= 0.6 is 0 Å². The van der Waals surface area contributed by atoms with Crippen LogP contribution in [0.4, 0.5) is 4.79 Å². The summed E-state index contributed by atoms with van der Waals surface area (Å²) in [7, 11) is 0. The van der Waals surface area contributed by atoms with Gasteiger partial charge in [0.2, 0.25) is 0 Å². The van der Waals surface area contributed by atoms with E-state index >= 15 is 0 Å². The first-order valence-electron chi connectivity index (χ1n) is 7.96. The Balaban J connectivity index is 1.65. The molecule has 0 radical (unpaired) electrons. The second-order valence-electron chi connectivity index (χ2n) is 5.13. The Hall–Kier alpha value is -3.35. The van der Waals surface area contributed by atoms with E-state index in [0.717, 1.165) is 16.8 Å². The molecule has 0 aliphatic rings. The SMILES string of the molecule is C=CC(=O)OCCNC(=O)OCCOC(=O)c1ccc2ccccc2c1. The minimum atomic E-state index is -0.693. The van der Waals surface area contributed by atoms with Gasteiger partial charge in [-0.05, 0) is 22.9 Å². The molecule has 0 aliphatic carbocycles. The van der Waals surface area contributed by atoms with Crippen LogP contribution in [0.15, 0.2) is 55.1 Å². The number of amides is 1. The van der Waals surface area contributed by atoms with Gasteiger partial charge in [0.05, 0.1) is 12.1 Å². The van der Waals surface area contributed by atoms with Crippen LogP contribution < -0.4 is 5.32 Å². The van der Waals surface area contributed by atoms with Gasteiger partial charge in [0.15, 0.2) is 0 Å². The van der Waals surface area contributed by atoms with Crippen molar-refractivity contribution < 1.29 is 28.6 Å². The van der Waals surface area contributed by atoms with Crippen LogP contribution in [-0.2, 0) is 19.0 Å². The van der Waals surface area contributed by atoms with Gasteiger partial charge < -0.3 is 19.5 Å². The third-order valence-corrected chi connectivity index (χ3v) is 3.32. The molecule has 7 nitrogen and oxygen atoms in total. The Bertz CT molecular complexity index is 801. The highest BCUT2D eigenvalue weighted by Gasteiger charge is 2.08. The highest BCUT2D eigenvalue weighted by atomic mass is 16.6. The Morgan fingerprint density at radius 3 is 2.42 bits per heavy atom. The molecule has 0 atom stereocenters. The number of carbonyl (C=O) groups is 3. The van der Waals surface area contributed by atoms with Crippen molar-refractivity contribution in [1.29, 1.82) is 0 Å². The average Bonchev–Trinajstić information content (AvgIpc) is 2.67. The highest BCUT2D eigenvalue weighted by molar-refractivity contribution is 5.95. The van der Waals surface area contributed by atoms with Gasteiger partial charge in [0.25, 0.3) is 0 Å². The molecule has 1 N–H and O–H groups in total.